The lowest BCUT2D eigenvalue weighted by Gasteiger charge is -1.99. The summed E-state index contributed by atoms with van der Waals surface area (Å²) in [6, 6.07) is 16.0. The van der Waals surface area contributed by atoms with Crippen LogP contribution in [0.3, 0.4) is 0 Å². The summed E-state index contributed by atoms with van der Waals surface area (Å²) in [7, 11) is 0. The minimum atomic E-state index is -0.100. The topological polar surface area (TPSA) is 46.3 Å². The smallest absolute Gasteiger partial charge is 0.167 e. The molecule has 0 bridgehead atoms. The second-order valence-electron chi connectivity index (χ2n) is 3.90. The van der Waals surface area contributed by atoms with Crippen LogP contribution < -0.4 is 0 Å². The minimum absolute atomic E-state index is 0.100. The average Bonchev–Trinajstić information content (AvgIpc) is 2.87. The number of benzene rings is 2. The van der Waals surface area contributed by atoms with E-state index in [1.807, 2.05) is 24.3 Å². The van der Waals surface area contributed by atoms with E-state index >= 15 is 0 Å². The molecule has 3 heteroatoms. The Morgan fingerprint density at radius 2 is 1.82 bits per heavy atom. The van der Waals surface area contributed by atoms with Crippen LogP contribution in [0.5, 0.6) is 0 Å². The van der Waals surface area contributed by atoms with Gasteiger partial charge in [0.2, 0.25) is 0 Å². The van der Waals surface area contributed by atoms with Gasteiger partial charge in [-0.1, -0.05) is 41.6 Å². The van der Waals surface area contributed by atoms with Crippen molar-refractivity contribution in [1.82, 2.24) is 5.16 Å². The lowest BCUT2D eigenvalue weighted by Crippen LogP contribution is -1.78. The number of aliphatic hydroxyl groups excluding tert-OH is 1. The molecule has 0 fully saturated rings. The molecule has 3 rings (SSSR count). The third kappa shape index (κ3) is 1.81. The summed E-state index contributed by atoms with van der Waals surface area (Å²) < 4.78 is 5.18. The second-order valence-corrected chi connectivity index (χ2v) is 3.90. The first kappa shape index (κ1) is 10.1. The highest BCUT2D eigenvalue weighted by molar-refractivity contribution is 5.86. The van der Waals surface area contributed by atoms with Gasteiger partial charge in [0.15, 0.2) is 5.76 Å². The predicted octanol–water partition coefficient (Wildman–Crippen LogP) is 2.99. The summed E-state index contributed by atoms with van der Waals surface area (Å²) in [5.41, 5.74) is 1.52. The van der Waals surface area contributed by atoms with E-state index in [1.165, 1.54) is 5.39 Å². The first-order valence-electron chi connectivity index (χ1n) is 5.42. The van der Waals surface area contributed by atoms with Crippen molar-refractivity contribution in [3.8, 4) is 11.3 Å². The molecule has 1 N–H and O–H groups in total. The molecule has 84 valence electrons. The summed E-state index contributed by atoms with van der Waals surface area (Å²) >= 11 is 0. The second kappa shape index (κ2) is 4.03. The first-order chi connectivity index (χ1) is 8.36. The third-order valence-electron chi connectivity index (χ3n) is 2.75. The Morgan fingerprint density at radius 3 is 2.59 bits per heavy atom. The highest BCUT2D eigenvalue weighted by Gasteiger charge is 2.06. The fourth-order valence-electron chi connectivity index (χ4n) is 1.86. The van der Waals surface area contributed by atoms with Crippen molar-refractivity contribution >= 4 is 10.8 Å². The van der Waals surface area contributed by atoms with Gasteiger partial charge in [0.25, 0.3) is 0 Å². The van der Waals surface area contributed by atoms with Crippen LogP contribution in [0.4, 0.5) is 0 Å². The maximum absolute atomic E-state index is 8.95. The molecular weight excluding hydrogens is 214 g/mol. The molecule has 1 heterocycles. The zero-order chi connectivity index (χ0) is 11.7. The summed E-state index contributed by atoms with van der Waals surface area (Å²) in [6.45, 7) is -0.100. The van der Waals surface area contributed by atoms with E-state index in [-0.39, 0.29) is 6.61 Å². The van der Waals surface area contributed by atoms with E-state index in [4.69, 9.17) is 9.63 Å². The Hall–Kier alpha value is -2.13. The highest BCUT2D eigenvalue weighted by atomic mass is 16.5. The number of aromatic nitrogens is 1. The minimum Gasteiger partial charge on any atom is -0.390 e. The molecule has 0 aliphatic heterocycles. The van der Waals surface area contributed by atoms with Crippen LogP contribution in [0.1, 0.15) is 5.69 Å². The van der Waals surface area contributed by atoms with Crippen molar-refractivity contribution in [2.75, 3.05) is 0 Å². The summed E-state index contributed by atoms with van der Waals surface area (Å²) in [5, 5.41) is 15.1. The van der Waals surface area contributed by atoms with Gasteiger partial charge >= 0.3 is 0 Å². The number of aliphatic hydroxyl groups is 1. The fourth-order valence-corrected chi connectivity index (χ4v) is 1.86. The largest absolute Gasteiger partial charge is 0.390 e. The van der Waals surface area contributed by atoms with Gasteiger partial charge in [-0.15, -0.1) is 0 Å². The molecule has 0 spiro atoms. The first-order valence-corrected chi connectivity index (χ1v) is 5.42. The van der Waals surface area contributed by atoms with E-state index < -0.39 is 0 Å². The highest BCUT2D eigenvalue weighted by Crippen LogP contribution is 2.24. The van der Waals surface area contributed by atoms with E-state index in [1.54, 1.807) is 6.07 Å². The molecule has 0 amide bonds. The van der Waals surface area contributed by atoms with Crippen LogP contribution in [-0.4, -0.2) is 10.3 Å². The number of hydrogen-bond donors (Lipinski definition) is 1. The van der Waals surface area contributed by atoms with Crippen molar-refractivity contribution in [2.24, 2.45) is 0 Å². The van der Waals surface area contributed by atoms with Crippen LogP contribution in [0, 0.1) is 0 Å². The molecule has 2 aromatic carbocycles. The summed E-state index contributed by atoms with van der Waals surface area (Å²) in [4.78, 5) is 0. The van der Waals surface area contributed by atoms with E-state index in [0.717, 1.165) is 10.9 Å². The number of nitrogens with zero attached hydrogens (tertiary/aromatic N) is 1. The Balaban J connectivity index is 2.11. The summed E-state index contributed by atoms with van der Waals surface area (Å²) in [6.07, 6.45) is 0. The van der Waals surface area contributed by atoms with Crippen molar-refractivity contribution in [2.45, 2.75) is 6.61 Å². The van der Waals surface area contributed by atoms with Crippen LogP contribution in [0.25, 0.3) is 22.1 Å². The maximum atomic E-state index is 8.95. The van der Waals surface area contributed by atoms with Gasteiger partial charge < -0.3 is 9.63 Å². The maximum Gasteiger partial charge on any atom is 0.167 e. The third-order valence-corrected chi connectivity index (χ3v) is 2.75. The Labute approximate surface area is 98.3 Å². The van der Waals surface area contributed by atoms with E-state index in [0.29, 0.717) is 11.5 Å². The van der Waals surface area contributed by atoms with Gasteiger partial charge in [-0.3, -0.25) is 0 Å². The lowest BCUT2D eigenvalue weighted by molar-refractivity contribution is 0.267. The zero-order valence-electron chi connectivity index (χ0n) is 9.13. The van der Waals surface area contributed by atoms with Gasteiger partial charge in [-0.2, -0.15) is 0 Å². The van der Waals surface area contributed by atoms with Crippen molar-refractivity contribution < 1.29 is 9.63 Å². The summed E-state index contributed by atoms with van der Waals surface area (Å²) in [5.74, 6) is 0.680. The standard InChI is InChI=1S/C14H11NO2/c16-9-13-8-14(17-15-13)12-6-5-10-3-1-2-4-11(10)7-12/h1-8,16H,9H2. The van der Waals surface area contributed by atoms with Gasteiger partial charge in [0.05, 0.1) is 6.61 Å². The molecule has 0 unspecified atom stereocenters. The van der Waals surface area contributed by atoms with Gasteiger partial charge in [0.1, 0.15) is 5.69 Å². The molecule has 3 aromatic rings. The number of rotatable bonds is 2. The monoisotopic (exact) mass is 225 g/mol. The molecular formula is C14H11NO2. The average molecular weight is 225 g/mol. The molecule has 1 aromatic heterocycles. The zero-order valence-corrected chi connectivity index (χ0v) is 9.13. The van der Waals surface area contributed by atoms with Crippen LogP contribution in [0.2, 0.25) is 0 Å². The molecule has 17 heavy (non-hydrogen) atoms. The Bertz CT molecular complexity index is 658. The molecule has 0 saturated carbocycles. The van der Waals surface area contributed by atoms with Crippen molar-refractivity contribution in [1.29, 1.82) is 0 Å². The Morgan fingerprint density at radius 1 is 1.00 bits per heavy atom. The van der Waals surface area contributed by atoms with Crippen molar-refractivity contribution in [3.63, 3.8) is 0 Å². The fraction of sp³-hybridized carbons (Fsp3) is 0.0714. The quantitative estimate of drug-likeness (QED) is 0.729. The van der Waals surface area contributed by atoms with Crippen molar-refractivity contribution in [3.05, 3.63) is 54.2 Å². The molecule has 0 atom stereocenters. The SMILES string of the molecule is OCc1cc(-c2ccc3ccccc3c2)on1. The molecule has 0 aliphatic rings. The van der Waals surface area contributed by atoms with Crippen LogP contribution in [-0.2, 0) is 6.61 Å². The van der Waals surface area contributed by atoms with Crippen LogP contribution >= 0.6 is 0 Å². The molecule has 3 nitrogen and oxygen atoms in total. The molecule has 0 saturated heterocycles. The van der Waals surface area contributed by atoms with Gasteiger partial charge in [-0.05, 0) is 16.8 Å². The molecule has 0 aliphatic carbocycles. The normalized spacial score (nSPS) is 10.9. The predicted molar refractivity (Wildman–Crippen MR) is 65.4 cm³/mol. The lowest BCUT2D eigenvalue weighted by atomic mass is 10.1. The molecule has 0 radical (unpaired) electrons. The number of hydrogen-bond acceptors (Lipinski definition) is 3. The van der Waals surface area contributed by atoms with Gasteiger partial charge in [-0.25, -0.2) is 0 Å². The number of fused-ring (bicyclic) bond motifs is 1. The van der Waals surface area contributed by atoms with Gasteiger partial charge in [0, 0.05) is 11.6 Å². The van der Waals surface area contributed by atoms with E-state index in [2.05, 4.69) is 23.4 Å². The van der Waals surface area contributed by atoms with E-state index in [9.17, 15) is 0 Å². The Kier molecular flexibility index (Phi) is 2.38. The van der Waals surface area contributed by atoms with Crippen LogP contribution in [0.15, 0.2) is 53.1 Å².